The van der Waals surface area contributed by atoms with Crippen LogP contribution in [0, 0.1) is 41.5 Å². The number of aromatic nitrogens is 7. The van der Waals surface area contributed by atoms with Gasteiger partial charge in [0.2, 0.25) is 5.91 Å². The number of nitrogens with zero attached hydrogens (tertiary/aromatic N) is 7. The Labute approximate surface area is 195 Å². The molecule has 0 radical (unpaired) electrons. The van der Waals surface area contributed by atoms with Crippen LogP contribution in [0.4, 0.5) is 14.5 Å². The first-order valence-corrected chi connectivity index (χ1v) is 10.9. The van der Waals surface area contributed by atoms with Gasteiger partial charge in [-0.25, -0.2) is 18.4 Å². The minimum atomic E-state index is -2.65. The molecule has 4 aromatic rings. The predicted octanol–water partition coefficient (Wildman–Crippen LogP) is 3.84. The molecule has 1 amide bonds. The van der Waals surface area contributed by atoms with E-state index in [4.69, 9.17) is 0 Å². The Morgan fingerprint density at radius 2 is 1.65 bits per heavy atom. The molecule has 0 fully saturated rings. The van der Waals surface area contributed by atoms with Gasteiger partial charge in [0, 0.05) is 29.6 Å². The molecule has 11 heteroatoms. The number of nitrogens with one attached hydrogen (secondary N) is 1. The lowest BCUT2D eigenvalue weighted by atomic mass is 10.1. The van der Waals surface area contributed by atoms with Crippen LogP contribution < -0.4 is 5.32 Å². The van der Waals surface area contributed by atoms with Crippen LogP contribution in [0.5, 0.6) is 0 Å². The molecule has 0 aromatic carbocycles. The molecule has 4 aromatic heterocycles. The van der Waals surface area contributed by atoms with Crippen molar-refractivity contribution >= 4 is 22.6 Å². The zero-order valence-electron chi connectivity index (χ0n) is 20.4. The summed E-state index contributed by atoms with van der Waals surface area (Å²) >= 11 is 0. The van der Waals surface area contributed by atoms with Gasteiger partial charge in [-0.1, -0.05) is 0 Å². The second-order valence-electron chi connectivity index (χ2n) is 8.62. The Morgan fingerprint density at radius 3 is 2.26 bits per heavy atom. The topological polar surface area (TPSA) is 95.5 Å². The molecule has 0 spiro atoms. The molecule has 0 aliphatic rings. The molecule has 0 atom stereocenters. The summed E-state index contributed by atoms with van der Waals surface area (Å²) in [4.78, 5) is 17.3. The Balaban J connectivity index is 1.59. The van der Waals surface area contributed by atoms with E-state index in [-0.39, 0.29) is 29.0 Å². The maximum atomic E-state index is 13.6. The van der Waals surface area contributed by atoms with Crippen molar-refractivity contribution < 1.29 is 13.6 Å². The summed E-state index contributed by atoms with van der Waals surface area (Å²) in [5.74, 6) is -0.342. The average Bonchev–Trinajstić information content (AvgIpc) is 3.29. The van der Waals surface area contributed by atoms with Crippen molar-refractivity contribution in [3.8, 4) is 0 Å². The highest BCUT2D eigenvalue weighted by atomic mass is 19.3. The molecule has 0 aliphatic heterocycles. The van der Waals surface area contributed by atoms with Crippen LogP contribution in [0.15, 0.2) is 6.07 Å². The van der Waals surface area contributed by atoms with E-state index in [1.807, 2.05) is 44.1 Å². The molecule has 0 unspecified atom stereocenters. The molecular formula is C23H28F2N8O. The molecule has 0 bridgehead atoms. The summed E-state index contributed by atoms with van der Waals surface area (Å²) in [6.07, 6.45) is -2.65. The van der Waals surface area contributed by atoms with Crippen LogP contribution in [-0.4, -0.2) is 40.2 Å². The Bertz CT molecular complexity index is 1410. The Morgan fingerprint density at radius 1 is 0.971 bits per heavy atom. The molecular weight excluding hydrogens is 442 g/mol. The first-order chi connectivity index (χ1) is 16.0. The fourth-order valence-electron chi connectivity index (χ4n) is 4.34. The number of rotatable bonds is 6. The smallest absolute Gasteiger partial charge is 0.264 e. The van der Waals surface area contributed by atoms with Crippen LogP contribution in [0.25, 0.3) is 11.0 Å². The van der Waals surface area contributed by atoms with E-state index in [0.29, 0.717) is 29.3 Å². The first kappa shape index (κ1) is 23.5. The number of carbonyl (C=O) groups is 1. The minimum absolute atomic E-state index is 0.124. The van der Waals surface area contributed by atoms with Crippen molar-refractivity contribution in [2.75, 3.05) is 5.32 Å². The number of halogens is 2. The number of alkyl halides is 2. The van der Waals surface area contributed by atoms with Crippen LogP contribution >= 0.6 is 0 Å². The van der Waals surface area contributed by atoms with Crippen molar-refractivity contribution in [2.24, 2.45) is 7.05 Å². The monoisotopic (exact) mass is 470 g/mol. The summed E-state index contributed by atoms with van der Waals surface area (Å²) in [6.45, 7) is 11.4. The van der Waals surface area contributed by atoms with Gasteiger partial charge < -0.3 is 5.32 Å². The summed E-state index contributed by atoms with van der Waals surface area (Å²) in [6, 6.07) is 1.36. The van der Waals surface area contributed by atoms with E-state index in [1.165, 1.54) is 10.7 Å². The summed E-state index contributed by atoms with van der Waals surface area (Å²) in [5.41, 5.74) is 6.19. The van der Waals surface area contributed by atoms with E-state index in [0.717, 1.165) is 22.6 Å². The van der Waals surface area contributed by atoms with Crippen LogP contribution in [0.2, 0.25) is 0 Å². The molecule has 0 saturated carbocycles. The predicted molar refractivity (Wildman–Crippen MR) is 124 cm³/mol. The number of amides is 1. The van der Waals surface area contributed by atoms with Crippen LogP contribution in [-0.2, 0) is 24.9 Å². The van der Waals surface area contributed by atoms with Gasteiger partial charge in [0.25, 0.3) is 6.43 Å². The fraction of sp³-hybridized carbons (Fsp3) is 0.435. The minimum Gasteiger partial charge on any atom is -0.321 e. The quantitative estimate of drug-likeness (QED) is 0.462. The standard InChI is InChI=1S/C23H28F2N8O/c1-11-8-17(22(24)25)20-13(3)29-33(23(20)26-11)10-19(34)27-21-14(4)30-32(16(21)6)9-18-12(2)28-31(7)15(18)5/h8,22H,9-10H2,1-7H3,(H,27,34). The van der Waals surface area contributed by atoms with Crippen LogP contribution in [0.1, 0.15) is 51.7 Å². The summed E-state index contributed by atoms with van der Waals surface area (Å²) in [7, 11) is 1.90. The second kappa shape index (κ2) is 8.62. The van der Waals surface area contributed by atoms with Crippen molar-refractivity contribution in [3.05, 3.63) is 51.4 Å². The third kappa shape index (κ3) is 4.06. The molecule has 34 heavy (non-hydrogen) atoms. The summed E-state index contributed by atoms with van der Waals surface area (Å²) in [5, 5.41) is 16.6. The molecule has 0 saturated heterocycles. The number of hydrogen-bond acceptors (Lipinski definition) is 5. The van der Waals surface area contributed by atoms with E-state index < -0.39 is 6.43 Å². The van der Waals surface area contributed by atoms with Gasteiger partial charge in [-0.05, 0) is 47.6 Å². The molecule has 4 heterocycles. The van der Waals surface area contributed by atoms with E-state index in [2.05, 4.69) is 25.6 Å². The lowest BCUT2D eigenvalue weighted by Gasteiger charge is -2.09. The largest absolute Gasteiger partial charge is 0.321 e. The molecule has 180 valence electrons. The normalized spacial score (nSPS) is 11.7. The molecule has 1 N–H and O–H groups in total. The van der Waals surface area contributed by atoms with Crippen molar-refractivity contribution in [1.82, 2.24) is 34.3 Å². The number of carbonyl (C=O) groups excluding carboxylic acids is 1. The molecule has 9 nitrogen and oxygen atoms in total. The highest BCUT2D eigenvalue weighted by Crippen LogP contribution is 2.30. The Kier molecular flexibility index (Phi) is 5.96. The zero-order valence-corrected chi connectivity index (χ0v) is 20.4. The number of pyridine rings is 1. The van der Waals surface area contributed by atoms with Gasteiger partial charge >= 0.3 is 0 Å². The first-order valence-electron chi connectivity index (χ1n) is 10.9. The van der Waals surface area contributed by atoms with Crippen molar-refractivity contribution in [2.45, 2.75) is 61.1 Å². The maximum Gasteiger partial charge on any atom is 0.264 e. The Hall–Kier alpha value is -3.63. The summed E-state index contributed by atoms with van der Waals surface area (Å²) < 4.78 is 32.2. The van der Waals surface area contributed by atoms with E-state index >= 15 is 0 Å². The maximum absolute atomic E-state index is 13.6. The highest BCUT2D eigenvalue weighted by molar-refractivity contribution is 5.93. The number of aryl methyl sites for hydroxylation is 5. The highest BCUT2D eigenvalue weighted by Gasteiger charge is 2.22. The van der Waals surface area contributed by atoms with Crippen molar-refractivity contribution in [3.63, 3.8) is 0 Å². The third-order valence-electron chi connectivity index (χ3n) is 6.18. The lowest BCUT2D eigenvalue weighted by Crippen LogP contribution is -2.20. The van der Waals surface area contributed by atoms with Gasteiger partial charge in [-0.3, -0.25) is 14.2 Å². The van der Waals surface area contributed by atoms with Gasteiger partial charge in [0.05, 0.1) is 40.4 Å². The lowest BCUT2D eigenvalue weighted by molar-refractivity contribution is -0.116. The van der Waals surface area contributed by atoms with Gasteiger partial charge in [0.15, 0.2) is 5.65 Å². The number of anilines is 1. The fourth-order valence-corrected chi connectivity index (χ4v) is 4.34. The molecule has 4 rings (SSSR count). The van der Waals surface area contributed by atoms with Gasteiger partial charge in [0.1, 0.15) is 6.54 Å². The van der Waals surface area contributed by atoms with Gasteiger partial charge in [-0.2, -0.15) is 15.3 Å². The second-order valence-corrected chi connectivity index (χ2v) is 8.62. The third-order valence-corrected chi connectivity index (χ3v) is 6.18. The number of hydrogen-bond donors (Lipinski definition) is 1. The van der Waals surface area contributed by atoms with E-state index in [9.17, 15) is 13.6 Å². The number of fused-ring (bicyclic) bond motifs is 1. The zero-order chi connectivity index (χ0) is 24.9. The van der Waals surface area contributed by atoms with Crippen LogP contribution in [0.3, 0.4) is 0 Å². The van der Waals surface area contributed by atoms with E-state index in [1.54, 1.807) is 13.8 Å². The van der Waals surface area contributed by atoms with Crippen molar-refractivity contribution in [1.29, 1.82) is 0 Å². The molecule has 0 aliphatic carbocycles. The average molecular weight is 471 g/mol. The SMILES string of the molecule is Cc1cc(C(F)F)c2c(C)nn(CC(=O)Nc3c(C)nn(Cc4c(C)nn(C)c4C)c3C)c2n1. The van der Waals surface area contributed by atoms with Gasteiger partial charge in [-0.15, -0.1) is 0 Å².